The Bertz CT molecular complexity index is 780. The maximum atomic E-state index is 12.7. The van der Waals surface area contributed by atoms with Crippen LogP contribution in [0.5, 0.6) is 0 Å². The minimum atomic E-state index is -0.606. The van der Waals surface area contributed by atoms with E-state index in [1.807, 2.05) is 30.7 Å². The van der Waals surface area contributed by atoms with Crippen molar-refractivity contribution < 1.29 is 9.59 Å². The van der Waals surface area contributed by atoms with E-state index in [-0.39, 0.29) is 17.7 Å². The topological polar surface area (TPSA) is 74.3 Å². The van der Waals surface area contributed by atoms with E-state index in [4.69, 9.17) is 0 Å². The molecule has 2 amide bonds. The maximum absolute atomic E-state index is 12.7. The predicted octanol–water partition coefficient (Wildman–Crippen LogP) is 3.83. The summed E-state index contributed by atoms with van der Waals surface area (Å²) in [6, 6.07) is 2.97. The molecular weight excluding hydrogens is 392 g/mol. The highest BCUT2D eigenvalue weighted by molar-refractivity contribution is 7.14. The highest BCUT2D eigenvalue weighted by Gasteiger charge is 2.26. The van der Waals surface area contributed by atoms with E-state index < -0.39 is 6.04 Å². The van der Waals surface area contributed by atoms with E-state index in [0.29, 0.717) is 10.0 Å². The van der Waals surface area contributed by atoms with Gasteiger partial charge in [0, 0.05) is 11.9 Å². The second-order valence-electron chi connectivity index (χ2n) is 7.76. The third-order valence-electron chi connectivity index (χ3n) is 5.02. The Kier molecular flexibility index (Phi) is 7.20. The zero-order valence-corrected chi connectivity index (χ0v) is 18.2. The summed E-state index contributed by atoms with van der Waals surface area (Å²) in [4.78, 5) is 32.6. The number of carbonyl (C=O) groups is 2. The van der Waals surface area contributed by atoms with Gasteiger partial charge in [-0.3, -0.25) is 14.5 Å². The number of nitrogens with zero attached hydrogens (tertiary/aromatic N) is 2. The fourth-order valence-corrected chi connectivity index (χ4v) is 4.56. The van der Waals surface area contributed by atoms with Gasteiger partial charge in [-0.1, -0.05) is 26.8 Å². The first-order valence-corrected chi connectivity index (χ1v) is 11.5. The maximum Gasteiger partial charge on any atom is 0.262 e. The van der Waals surface area contributed by atoms with Crippen LogP contribution in [-0.2, 0) is 11.3 Å². The van der Waals surface area contributed by atoms with Gasteiger partial charge in [-0.05, 0) is 49.2 Å². The molecule has 0 bridgehead atoms. The summed E-state index contributed by atoms with van der Waals surface area (Å²) in [5, 5.41) is 10.2. The van der Waals surface area contributed by atoms with Crippen LogP contribution in [0.4, 0.5) is 5.13 Å². The number of likely N-dealkylation sites (tertiary alicyclic amines) is 1. The Morgan fingerprint density at radius 3 is 2.68 bits per heavy atom. The molecule has 1 atom stereocenters. The van der Waals surface area contributed by atoms with Gasteiger partial charge in [0.05, 0.1) is 10.6 Å². The van der Waals surface area contributed by atoms with E-state index in [1.165, 1.54) is 35.5 Å². The zero-order valence-electron chi connectivity index (χ0n) is 16.6. The molecule has 28 heavy (non-hydrogen) atoms. The number of amides is 2. The minimum Gasteiger partial charge on any atom is -0.339 e. The summed E-state index contributed by atoms with van der Waals surface area (Å²) < 4.78 is 0. The molecule has 0 aliphatic carbocycles. The monoisotopic (exact) mass is 420 g/mol. The number of aromatic nitrogens is 1. The van der Waals surface area contributed by atoms with Gasteiger partial charge in [0.25, 0.3) is 5.91 Å². The molecule has 0 spiro atoms. The Morgan fingerprint density at radius 1 is 1.29 bits per heavy atom. The number of carbonyl (C=O) groups excluding carboxylic acids is 2. The lowest BCUT2D eigenvalue weighted by atomic mass is 9.99. The van der Waals surface area contributed by atoms with E-state index in [1.54, 1.807) is 6.07 Å². The highest BCUT2D eigenvalue weighted by atomic mass is 32.1. The quantitative estimate of drug-likeness (QED) is 0.714. The number of hydrogen-bond donors (Lipinski definition) is 2. The van der Waals surface area contributed by atoms with Crippen LogP contribution in [0.2, 0.25) is 0 Å². The molecule has 0 aromatic carbocycles. The molecule has 2 aromatic heterocycles. The van der Waals surface area contributed by atoms with Crippen LogP contribution >= 0.6 is 22.7 Å². The van der Waals surface area contributed by atoms with Crippen LogP contribution in [0.3, 0.4) is 0 Å². The third-order valence-corrected chi connectivity index (χ3v) is 6.70. The Labute approximate surface area is 174 Å². The number of hydrogen-bond acceptors (Lipinski definition) is 6. The van der Waals surface area contributed by atoms with Gasteiger partial charge in [0.2, 0.25) is 5.91 Å². The molecule has 0 saturated carbocycles. The zero-order chi connectivity index (χ0) is 20.1. The molecule has 3 rings (SSSR count). The summed E-state index contributed by atoms with van der Waals surface area (Å²) in [5.74, 6) is 0.327. The standard InChI is InChI=1S/C20H28N4O2S2/c1-13(2)17(22-18(25)16-5-4-10-27-16)19(26)23-20-21-15(12-28-20)11-24-8-6-14(3)7-9-24/h4-5,10,12-14,17H,6-9,11H2,1-3H3,(H,22,25)(H,21,23,26). The van der Waals surface area contributed by atoms with Crippen molar-refractivity contribution in [3.63, 3.8) is 0 Å². The van der Waals surface area contributed by atoms with E-state index in [0.717, 1.165) is 31.2 Å². The van der Waals surface area contributed by atoms with Crippen LogP contribution in [0, 0.1) is 11.8 Å². The van der Waals surface area contributed by atoms with Crippen LogP contribution in [0.25, 0.3) is 0 Å². The second kappa shape index (κ2) is 9.62. The van der Waals surface area contributed by atoms with Crippen LogP contribution < -0.4 is 10.6 Å². The van der Waals surface area contributed by atoms with Gasteiger partial charge in [0.1, 0.15) is 6.04 Å². The molecule has 1 aliphatic rings. The largest absolute Gasteiger partial charge is 0.339 e. The van der Waals surface area contributed by atoms with Crippen molar-refractivity contribution in [1.29, 1.82) is 0 Å². The first-order chi connectivity index (χ1) is 13.4. The van der Waals surface area contributed by atoms with Crippen molar-refractivity contribution in [2.45, 2.75) is 46.2 Å². The molecular formula is C20H28N4O2S2. The molecule has 8 heteroatoms. The van der Waals surface area contributed by atoms with Crippen molar-refractivity contribution in [1.82, 2.24) is 15.2 Å². The molecule has 152 valence electrons. The number of rotatable bonds is 7. The second-order valence-corrected chi connectivity index (χ2v) is 9.57. The molecule has 1 saturated heterocycles. The van der Waals surface area contributed by atoms with E-state index in [2.05, 4.69) is 27.4 Å². The number of piperidine rings is 1. The molecule has 1 fully saturated rings. The van der Waals surface area contributed by atoms with E-state index in [9.17, 15) is 9.59 Å². The first kappa shape index (κ1) is 21.0. The average molecular weight is 421 g/mol. The van der Waals surface area contributed by atoms with Crippen LogP contribution in [0.1, 0.15) is 49.0 Å². The normalized spacial score (nSPS) is 16.9. The van der Waals surface area contributed by atoms with Crippen molar-refractivity contribution >= 4 is 39.6 Å². The Hall–Kier alpha value is -1.77. The summed E-state index contributed by atoms with van der Waals surface area (Å²) in [6.45, 7) is 9.17. The molecule has 3 heterocycles. The first-order valence-electron chi connectivity index (χ1n) is 9.74. The van der Waals surface area contributed by atoms with Gasteiger partial charge in [-0.2, -0.15) is 0 Å². The predicted molar refractivity (Wildman–Crippen MR) is 115 cm³/mol. The van der Waals surface area contributed by atoms with E-state index >= 15 is 0 Å². The number of thiazole rings is 1. The van der Waals surface area contributed by atoms with Gasteiger partial charge in [-0.25, -0.2) is 4.98 Å². The lowest BCUT2D eigenvalue weighted by molar-refractivity contribution is -0.118. The smallest absolute Gasteiger partial charge is 0.262 e. The highest BCUT2D eigenvalue weighted by Crippen LogP contribution is 2.21. The van der Waals surface area contributed by atoms with Crippen molar-refractivity contribution in [3.05, 3.63) is 33.5 Å². The molecule has 2 N–H and O–H groups in total. The Balaban J connectivity index is 1.56. The summed E-state index contributed by atoms with van der Waals surface area (Å²) in [7, 11) is 0. The summed E-state index contributed by atoms with van der Waals surface area (Å²) >= 11 is 2.79. The molecule has 1 aliphatic heterocycles. The van der Waals surface area contributed by atoms with Crippen LogP contribution in [-0.4, -0.2) is 40.8 Å². The fourth-order valence-electron chi connectivity index (χ4n) is 3.22. The molecule has 1 unspecified atom stereocenters. The van der Waals surface area contributed by atoms with Crippen molar-refractivity contribution in [2.75, 3.05) is 18.4 Å². The molecule has 0 radical (unpaired) electrons. The molecule has 6 nitrogen and oxygen atoms in total. The number of thiophene rings is 1. The fraction of sp³-hybridized carbons (Fsp3) is 0.550. The number of nitrogens with one attached hydrogen (secondary N) is 2. The van der Waals surface area contributed by atoms with Gasteiger partial charge in [0.15, 0.2) is 5.13 Å². The van der Waals surface area contributed by atoms with Crippen molar-refractivity contribution in [3.8, 4) is 0 Å². The van der Waals surface area contributed by atoms with Crippen LogP contribution in [0.15, 0.2) is 22.9 Å². The third kappa shape index (κ3) is 5.62. The number of anilines is 1. The summed E-state index contributed by atoms with van der Waals surface area (Å²) in [5.41, 5.74) is 0.985. The Morgan fingerprint density at radius 2 is 2.04 bits per heavy atom. The lowest BCUT2D eigenvalue weighted by Gasteiger charge is -2.29. The lowest BCUT2D eigenvalue weighted by Crippen LogP contribution is -2.46. The van der Waals surface area contributed by atoms with Gasteiger partial charge < -0.3 is 10.6 Å². The van der Waals surface area contributed by atoms with Crippen molar-refractivity contribution in [2.24, 2.45) is 11.8 Å². The average Bonchev–Trinajstić information content (AvgIpc) is 3.33. The summed E-state index contributed by atoms with van der Waals surface area (Å²) in [6.07, 6.45) is 2.46. The minimum absolute atomic E-state index is 0.0290. The SMILES string of the molecule is CC1CCN(Cc2csc(NC(=O)C(NC(=O)c3cccs3)C(C)C)n2)CC1. The molecule has 2 aromatic rings. The van der Waals surface area contributed by atoms with Gasteiger partial charge >= 0.3 is 0 Å². The van der Waals surface area contributed by atoms with Gasteiger partial charge in [-0.15, -0.1) is 22.7 Å².